The lowest BCUT2D eigenvalue weighted by atomic mass is 10.0. The summed E-state index contributed by atoms with van der Waals surface area (Å²) in [6.07, 6.45) is 3.19. The summed E-state index contributed by atoms with van der Waals surface area (Å²) in [6, 6.07) is 14.3. The van der Waals surface area contributed by atoms with Crippen LogP contribution in [0.15, 0.2) is 54.7 Å². The summed E-state index contributed by atoms with van der Waals surface area (Å²) in [5, 5.41) is 6.25. The molecule has 2 fully saturated rings. The van der Waals surface area contributed by atoms with Gasteiger partial charge in [-0.3, -0.25) is 9.59 Å². The molecule has 2 aliphatic heterocycles. The van der Waals surface area contributed by atoms with Crippen molar-refractivity contribution in [3.8, 4) is 5.75 Å². The van der Waals surface area contributed by atoms with Crippen molar-refractivity contribution < 1.29 is 22.7 Å². The molecule has 1 unspecified atom stereocenters. The molecule has 2 amide bonds. The predicted molar refractivity (Wildman–Crippen MR) is 157 cm³/mol. The van der Waals surface area contributed by atoms with Crippen LogP contribution in [0, 0.1) is 0 Å². The number of primary amides is 1. The third kappa shape index (κ3) is 6.85. The maximum absolute atomic E-state index is 12.8. The van der Waals surface area contributed by atoms with E-state index < -0.39 is 15.7 Å². The fourth-order valence-corrected chi connectivity index (χ4v) is 6.18. The Balaban J connectivity index is 1.27. The Labute approximate surface area is 238 Å². The molecule has 0 spiro atoms. The number of piperidine rings is 1. The molecule has 2 saturated heterocycles. The van der Waals surface area contributed by atoms with Crippen molar-refractivity contribution in [3.05, 3.63) is 66.0 Å². The van der Waals surface area contributed by atoms with E-state index in [1.807, 2.05) is 34.1 Å². The van der Waals surface area contributed by atoms with Crippen molar-refractivity contribution in [3.63, 3.8) is 0 Å². The number of methoxy groups -OCH3 is 1. The zero-order valence-electron chi connectivity index (χ0n) is 22.7. The highest BCUT2D eigenvalue weighted by atomic mass is 32.2. The molecule has 216 valence electrons. The molecule has 0 radical (unpaired) electrons. The van der Waals surface area contributed by atoms with Crippen LogP contribution in [0.25, 0.3) is 0 Å². The molecule has 1 atom stereocenters. The number of amides is 2. The van der Waals surface area contributed by atoms with Crippen LogP contribution in [0.2, 0.25) is 0 Å². The molecule has 0 saturated carbocycles. The van der Waals surface area contributed by atoms with Gasteiger partial charge in [-0.25, -0.2) is 18.4 Å². The highest BCUT2D eigenvalue weighted by Gasteiger charge is 2.25. The van der Waals surface area contributed by atoms with Gasteiger partial charge in [0.1, 0.15) is 11.6 Å². The van der Waals surface area contributed by atoms with E-state index in [-0.39, 0.29) is 35.0 Å². The Hall–Kier alpha value is -4.39. The molecule has 0 aliphatic carbocycles. The second kappa shape index (κ2) is 12.0. The number of nitrogens with zero attached hydrogens (tertiary/aromatic N) is 4. The van der Waals surface area contributed by atoms with Crippen LogP contribution in [0.3, 0.4) is 0 Å². The third-order valence-corrected chi connectivity index (χ3v) is 8.87. The quantitative estimate of drug-likeness (QED) is 0.360. The average Bonchev–Trinajstić information content (AvgIpc) is 2.97. The molecule has 0 bridgehead atoms. The lowest BCUT2D eigenvalue weighted by Crippen LogP contribution is -2.48. The topological polar surface area (TPSA) is 160 Å². The van der Waals surface area contributed by atoms with Crippen LogP contribution in [0.5, 0.6) is 5.75 Å². The molecule has 4 N–H and O–H groups in total. The molecule has 12 nitrogen and oxygen atoms in total. The number of aromatic nitrogens is 2. The Morgan fingerprint density at radius 2 is 1.71 bits per heavy atom. The van der Waals surface area contributed by atoms with Gasteiger partial charge in [0.15, 0.2) is 21.3 Å². The summed E-state index contributed by atoms with van der Waals surface area (Å²) in [5.41, 5.74) is 7.74. The van der Waals surface area contributed by atoms with Gasteiger partial charge >= 0.3 is 0 Å². The maximum atomic E-state index is 12.8. The molecule has 3 aromatic rings. The van der Waals surface area contributed by atoms with Crippen LogP contribution in [0.1, 0.15) is 33.7 Å². The molecule has 3 heterocycles. The first-order valence-electron chi connectivity index (χ1n) is 13.4. The van der Waals surface area contributed by atoms with E-state index >= 15 is 0 Å². The van der Waals surface area contributed by atoms with Crippen LogP contribution >= 0.6 is 0 Å². The van der Waals surface area contributed by atoms with Crippen LogP contribution < -0.4 is 30.9 Å². The van der Waals surface area contributed by atoms with Gasteiger partial charge in [0.25, 0.3) is 11.8 Å². The summed E-state index contributed by atoms with van der Waals surface area (Å²) >= 11 is 0. The fraction of sp³-hybridized carbons (Fsp3) is 0.357. The van der Waals surface area contributed by atoms with E-state index in [1.165, 1.54) is 6.20 Å². The number of nitrogens with two attached hydrogens (primary N) is 1. The van der Waals surface area contributed by atoms with E-state index in [0.29, 0.717) is 42.5 Å². The molecule has 41 heavy (non-hydrogen) atoms. The van der Waals surface area contributed by atoms with Crippen molar-refractivity contribution in [2.24, 2.45) is 5.73 Å². The molecule has 5 rings (SSSR count). The lowest BCUT2D eigenvalue weighted by molar-refractivity contribution is 0.0931. The summed E-state index contributed by atoms with van der Waals surface area (Å²) in [7, 11) is -1.39. The minimum absolute atomic E-state index is 0.0143. The van der Waals surface area contributed by atoms with Gasteiger partial charge < -0.3 is 30.9 Å². The number of hydrogen-bond acceptors (Lipinski definition) is 10. The van der Waals surface area contributed by atoms with Gasteiger partial charge in [0.2, 0.25) is 0 Å². The van der Waals surface area contributed by atoms with Gasteiger partial charge in [-0.15, -0.1) is 0 Å². The van der Waals surface area contributed by atoms with Gasteiger partial charge in [-0.1, -0.05) is 0 Å². The van der Waals surface area contributed by atoms with Crippen LogP contribution in [-0.4, -0.2) is 81.0 Å². The van der Waals surface area contributed by atoms with Crippen molar-refractivity contribution in [2.75, 3.05) is 59.9 Å². The number of ether oxygens (including phenoxy) is 1. The monoisotopic (exact) mass is 579 g/mol. The van der Waals surface area contributed by atoms with E-state index in [1.54, 1.807) is 31.4 Å². The van der Waals surface area contributed by atoms with Gasteiger partial charge in [0, 0.05) is 49.2 Å². The highest BCUT2D eigenvalue weighted by molar-refractivity contribution is 7.91. The summed E-state index contributed by atoms with van der Waals surface area (Å²) < 4.78 is 28.7. The van der Waals surface area contributed by atoms with E-state index in [2.05, 4.69) is 20.6 Å². The van der Waals surface area contributed by atoms with Gasteiger partial charge in [0.05, 0.1) is 24.8 Å². The van der Waals surface area contributed by atoms with Crippen LogP contribution in [-0.2, 0) is 9.84 Å². The molecule has 2 aromatic carbocycles. The number of hydrogen-bond donors (Lipinski definition) is 3. The second-order valence-electron chi connectivity index (χ2n) is 10.1. The number of carbonyl (C=O) groups is 2. The third-order valence-electron chi connectivity index (χ3n) is 7.27. The fourth-order valence-electron chi connectivity index (χ4n) is 4.98. The average molecular weight is 580 g/mol. The van der Waals surface area contributed by atoms with Crippen molar-refractivity contribution in [1.29, 1.82) is 0 Å². The standard InChI is InChI=1S/C28H33N7O5S/c1-40-23-10-4-19(5-11-23)28(37)32-21-3-2-12-35(18-21)24-17-30-25(26(29)36)27(33-24)31-20-6-8-22(9-7-20)34-13-15-41(38,39)16-14-34/h4-11,17,21H,2-3,12-16,18H2,1H3,(H2,29,36)(H,31,33)(H,32,37). The first-order chi connectivity index (χ1) is 19.7. The second-order valence-corrected chi connectivity index (χ2v) is 12.4. The van der Waals surface area contributed by atoms with Gasteiger partial charge in [-0.2, -0.15) is 0 Å². The Morgan fingerprint density at radius 3 is 2.37 bits per heavy atom. The highest BCUT2D eigenvalue weighted by Crippen LogP contribution is 2.26. The first-order valence-corrected chi connectivity index (χ1v) is 15.2. The van der Waals surface area contributed by atoms with Crippen molar-refractivity contribution >= 4 is 44.7 Å². The summed E-state index contributed by atoms with van der Waals surface area (Å²) in [4.78, 5) is 37.9. The van der Waals surface area contributed by atoms with E-state index in [4.69, 9.17) is 10.5 Å². The lowest BCUT2D eigenvalue weighted by Gasteiger charge is -2.34. The number of nitrogens with one attached hydrogen (secondary N) is 2. The predicted octanol–water partition coefficient (Wildman–Crippen LogP) is 1.96. The van der Waals surface area contributed by atoms with Crippen molar-refractivity contribution in [2.45, 2.75) is 18.9 Å². The first kappa shape index (κ1) is 28.1. The number of sulfone groups is 1. The molecule has 2 aliphatic rings. The summed E-state index contributed by atoms with van der Waals surface area (Å²) in [5.74, 6) is 0.888. The number of rotatable bonds is 8. The molecule has 1 aromatic heterocycles. The normalized spacial score (nSPS) is 18.4. The zero-order chi connectivity index (χ0) is 29.0. The minimum Gasteiger partial charge on any atom is -0.497 e. The number of carbonyl (C=O) groups excluding carboxylic acids is 2. The maximum Gasteiger partial charge on any atom is 0.271 e. The zero-order valence-corrected chi connectivity index (χ0v) is 23.6. The van der Waals surface area contributed by atoms with Crippen molar-refractivity contribution in [1.82, 2.24) is 15.3 Å². The summed E-state index contributed by atoms with van der Waals surface area (Å²) in [6.45, 7) is 2.16. The SMILES string of the molecule is COc1ccc(C(=O)NC2CCCN(c3cnc(C(N)=O)c(Nc4ccc(N5CCS(=O)(=O)CC5)cc4)n3)C2)cc1. The Bertz CT molecular complexity index is 1500. The van der Waals surface area contributed by atoms with E-state index in [0.717, 1.165) is 25.1 Å². The molecular formula is C28H33N7O5S. The smallest absolute Gasteiger partial charge is 0.271 e. The number of anilines is 4. The number of benzene rings is 2. The van der Waals surface area contributed by atoms with E-state index in [9.17, 15) is 18.0 Å². The largest absolute Gasteiger partial charge is 0.497 e. The Kier molecular flexibility index (Phi) is 8.24. The molecular weight excluding hydrogens is 546 g/mol. The van der Waals surface area contributed by atoms with Crippen LogP contribution in [0.4, 0.5) is 23.0 Å². The molecule has 13 heteroatoms. The van der Waals surface area contributed by atoms with Gasteiger partial charge in [-0.05, 0) is 61.4 Å². The minimum atomic E-state index is -2.97. The Morgan fingerprint density at radius 1 is 1.00 bits per heavy atom.